The van der Waals surface area contributed by atoms with Crippen molar-refractivity contribution in [2.24, 2.45) is 0 Å². The second kappa shape index (κ2) is 7.24. The SMILES string of the molecule is O=C(CN1C(=O)S/C(=C/c2ccc(Br)o2)C1=O)Nc1cccc(F)c1. The molecule has 25 heavy (non-hydrogen) atoms. The van der Waals surface area contributed by atoms with Crippen molar-refractivity contribution >= 4 is 56.5 Å². The molecule has 1 aromatic carbocycles. The molecule has 2 heterocycles. The van der Waals surface area contributed by atoms with Crippen molar-refractivity contribution < 1.29 is 23.2 Å². The Kier molecular flexibility index (Phi) is 5.05. The van der Waals surface area contributed by atoms with Crippen LogP contribution in [0.5, 0.6) is 0 Å². The van der Waals surface area contributed by atoms with E-state index in [9.17, 15) is 18.8 Å². The van der Waals surface area contributed by atoms with E-state index in [0.717, 1.165) is 22.7 Å². The predicted molar refractivity (Wildman–Crippen MR) is 94.1 cm³/mol. The molecule has 1 aliphatic heterocycles. The summed E-state index contributed by atoms with van der Waals surface area (Å²) in [7, 11) is 0. The number of anilines is 1. The first-order valence-corrected chi connectivity index (χ1v) is 8.59. The average Bonchev–Trinajstić information content (AvgIpc) is 3.06. The first kappa shape index (κ1) is 17.4. The maximum atomic E-state index is 13.1. The van der Waals surface area contributed by atoms with E-state index in [1.54, 1.807) is 12.1 Å². The van der Waals surface area contributed by atoms with E-state index in [4.69, 9.17) is 4.42 Å². The normalized spacial score (nSPS) is 15.9. The summed E-state index contributed by atoms with van der Waals surface area (Å²) in [4.78, 5) is 37.3. The van der Waals surface area contributed by atoms with Gasteiger partial charge in [0.1, 0.15) is 18.1 Å². The van der Waals surface area contributed by atoms with Gasteiger partial charge in [-0.3, -0.25) is 19.3 Å². The van der Waals surface area contributed by atoms with Crippen molar-refractivity contribution in [1.29, 1.82) is 0 Å². The molecular formula is C16H10BrFN2O4S. The Balaban J connectivity index is 1.68. The lowest BCUT2D eigenvalue weighted by molar-refractivity contribution is -0.127. The minimum atomic E-state index is -0.602. The zero-order valence-corrected chi connectivity index (χ0v) is 14.9. The lowest BCUT2D eigenvalue weighted by Crippen LogP contribution is -2.36. The van der Waals surface area contributed by atoms with Gasteiger partial charge in [0.05, 0.1) is 4.91 Å². The predicted octanol–water partition coefficient (Wildman–Crippen LogP) is 3.86. The summed E-state index contributed by atoms with van der Waals surface area (Å²) in [6.07, 6.45) is 1.43. The van der Waals surface area contributed by atoms with E-state index >= 15 is 0 Å². The molecule has 3 rings (SSSR count). The fourth-order valence-electron chi connectivity index (χ4n) is 2.08. The van der Waals surface area contributed by atoms with Crippen molar-refractivity contribution in [3.05, 3.63) is 57.6 Å². The quantitative estimate of drug-likeness (QED) is 0.753. The lowest BCUT2D eigenvalue weighted by atomic mass is 10.3. The number of hydrogen-bond donors (Lipinski definition) is 1. The van der Waals surface area contributed by atoms with Gasteiger partial charge < -0.3 is 9.73 Å². The van der Waals surface area contributed by atoms with E-state index in [1.807, 2.05) is 0 Å². The van der Waals surface area contributed by atoms with Gasteiger partial charge in [0.15, 0.2) is 4.67 Å². The molecular weight excluding hydrogens is 415 g/mol. The second-order valence-corrected chi connectivity index (χ2v) is 6.74. The van der Waals surface area contributed by atoms with E-state index < -0.39 is 29.4 Å². The molecule has 9 heteroatoms. The van der Waals surface area contributed by atoms with Crippen LogP contribution in [-0.4, -0.2) is 28.5 Å². The van der Waals surface area contributed by atoms with E-state index in [-0.39, 0.29) is 10.6 Å². The summed E-state index contributed by atoms with van der Waals surface area (Å²) >= 11 is 3.86. The molecule has 0 aliphatic carbocycles. The molecule has 128 valence electrons. The van der Waals surface area contributed by atoms with Gasteiger partial charge in [0, 0.05) is 11.8 Å². The van der Waals surface area contributed by atoms with Crippen LogP contribution in [0.1, 0.15) is 5.76 Å². The highest BCUT2D eigenvalue weighted by atomic mass is 79.9. The molecule has 6 nitrogen and oxygen atoms in total. The molecule has 0 spiro atoms. The molecule has 1 N–H and O–H groups in total. The number of thioether (sulfide) groups is 1. The molecule has 0 unspecified atom stereocenters. The van der Waals surface area contributed by atoms with Crippen LogP contribution in [0.15, 0.2) is 50.4 Å². The van der Waals surface area contributed by atoms with Gasteiger partial charge in [-0.1, -0.05) is 6.07 Å². The van der Waals surface area contributed by atoms with Crippen LogP contribution in [0.4, 0.5) is 14.9 Å². The number of carbonyl (C=O) groups excluding carboxylic acids is 3. The third-order valence-electron chi connectivity index (χ3n) is 3.15. The van der Waals surface area contributed by atoms with Crippen molar-refractivity contribution in [2.75, 3.05) is 11.9 Å². The molecule has 0 radical (unpaired) electrons. The molecule has 0 saturated carbocycles. The van der Waals surface area contributed by atoms with E-state index in [0.29, 0.717) is 10.4 Å². The average molecular weight is 425 g/mol. The first-order chi connectivity index (χ1) is 11.9. The molecule has 0 bridgehead atoms. The van der Waals surface area contributed by atoms with Crippen molar-refractivity contribution in [3.63, 3.8) is 0 Å². The Morgan fingerprint density at radius 1 is 1.32 bits per heavy atom. The van der Waals surface area contributed by atoms with Crippen LogP contribution in [0, 0.1) is 5.82 Å². The molecule has 1 fully saturated rings. The number of nitrogens with zero attached hydrogens (tertiary/aromatic N) is 1. The second-order valence-electron chi connectivity index (χ2n) is 4.97. The highest BCUT2D eigenvalue weighted by molar-refractivity contribution is 9.10. The third-order valence-corrected chi connectivity index (χ3v) is 4.48. The van der Waals surface area contributed by atoms with Crippen LogP contribution < -0.4 is 5.32 Å². The van der Waals surface area contributed by atoms with Gasteiger partial charge in [-0.05, 0) is 58.0 Å². The summed E-state index contributed by atoms with van der Waals surface area (Å²) in [5.74, 6) is -1.29. The molecule has 1 saturated heterocycles. The van der Waals surface area contributed by atoms with Gasteiger partial charge in [-0.25, -0.2) is 4.39 Å². The maximum absolute atomic E-state index is 13.1. The number of furan rings is 1. The van der Waals surface area contributed by atoms with Crippen LogP contribution in [-0.2, 0) is 9.59 Å². The number of rotatable bonds is 4. The largest absolute Gasteiger partial charge is 0.450 e. The van der Waals surface area contributed by atoms with Crippen LogP contribution in [0.25, 0.3) is 6.08 Å². The van der Waals surface area contributed by atoms with Gasteiger partial charge in [-0.15, -0.1) is 0 Å². The maximum Gasteiger partial charge on any atom is 0.294 e. The number of benzene rings is 1. The third kappa shape index (κ3) is 4.18. The summed E-state index contributed by atoms with van der Waals surface area (Å²) in [5, 5.41) is 1.88. The molecule has 2 aromatic rings. The summed E-state index contributed by atoms with van der Waals surface area (Å²) in [5.41, 5.74) is 0.243. The number of carbonyl (C=O) groups is 3. The molecule has 3 amide bonds. The lowest BCUT2D eigenvalue weighted by Gasteiger charge is -2.12. The summed E-state index contributed by atoms with van der Waals surface area (Å²) in [6.45, 7) is -0.458. The number of imide groups is 1. The van der Waals surface area contributed by atoms with Crippen molar-refractivity contribution in [3.8, 4) is 0 Å². The van der Waals surface area contributed by atoms with Crippen molar-refractivity contribution in [2.45, 2.75) is 0 Å². The highest BCUT2D eigenvalue weighted by Gasteiger charge is 2.36. The fourth-order valence-corrected chi connectivity index (χ4v) is 3.22. The van der Waals surface area contributed by atoms with Gasteiger partial charge in [0.25, 0.3) is 11.1 Å². The summed E-state index contributed by atoms with van der Waals surface area (Å²) < 4.78 is 18.9. The first-order valence-electron chi connectivity index (χ1n) is 6.98. The fraction of sp³-hybridized carbons (Fsp3) is 0.0625. The molecule has 1 aliphatic rings. The van der Waals surface area contributed by atoms with E-state index in [1.165, 1.54) is 24.3 Å². The minimum Gasteiger partial charge on any atom is -0.450 e. The van der Waals surface area contributed by atoms with Crippen LogP contribution in [0.2, 0.25) is 0 Å². The summed E-state index contributed by atoms with van der Waals surface area (Å²) in [6, 6.07) is 8.61. The Bertz CT molecular complexity index is 896. The topological polar surface area (TPSA) is 79.6 Å². The minimum absolute atomic E-state index is 0.158. The van der Waals surface area contributed by atoms with Crippen LogP contribution in [0.3, 0.4) is 0 Å². The Morgan fingerprint density at radius 3 is 2.80 bits per heavy atom. The Hall–Kier alpha value is -2.39. The van der Waals surface area contributed by atoms with Gasteiger partial charge in [-0.2, -0.15) is 0 Å². The monoisotopic (exact) mass is 424 g/mol. The number of halogens is 2. The number of nitrogens with one attached hydrogen (secondary N) is 1. The van der Waals surface area contributed by atoms with Crippen molar-refractivity contribution in [1.82, 2.24) is 4.90 Å². The number of amides is 3. The highest BCUT2D eigenvalue weighted by Crippen LogP contribution is 2.32. The zero-order chi connectivity index (χ0) is 18.0. The van der Waals surface area contributed by atoms with Gasteiger partial charge >= 0.3 is 0 Å². The standard InChI is InChI=1S/C16H10BrFN2O4S/c17-13-5-4-11(24-13)7-12-15(22)20(16(23)25-12)8-14(21)19-10-3-1-2-9(18)6-10/h1-7H,8H2,(H,19,21)/b12-7+. The number of hydrogen-bond acceptors (Lipinski definition) is 5. The molecule has 0 atom stereocenters. The van der Waals surface area contributed by atoms with Gasteiger partial charge in [0.2, 0.25) is 5.91 Å². The molecule has 1 aromatic heterocycles. The Labute approximate surface area is 154 Å². The smallest absolute Gasteiger partial charge is 0.294 e. The van der Waals surface area contributed by atoms with E-state index in [2.05, 4.69) is 21.2 Å². The van der Waals surface area contributed by atoms with Crippen LogP contribution >= 0.6 is 27.7 Å². The zero-order valence-electron chi connectivity index (χ0n) is 12.5. The Morgan fingerprint density at radius 2 is 2.12 bits per heavy atom.